The minimum Gasteiger partial charge on any atom is -0.489 e. The summed E-state index contributed by atoms with van der Waals surface area (Å²) in [6.45, 7) is 12.8. The fourth-order valence-corrected chi connectivity index (χ4v) is 9.54. The molecule has 0 spiro atoms. The lowest BCUT2D eigenvalue weighted by molar-refractivity contribution is 0.0206. The molecular formula is C40H48BrIO7Si. The quantitative estimate of drug-likeness (QED) is 0.0344. The Bertz CT molecular complexity index is 1620. The van der Waals surface area contributed by atoms with Gasteiger partial charge in [0.1, 0.15) is 47.9 Å². The van der Waals surface area contributed by atoms with Crippen molar-refractivity contribution in [2.24, 2.45) is 0 Å². The van der Waals surface area contributed by atoms with Crippen molar-refractivity contribution in [3.05, 3.63) is 117 Å². The van der Waals surface area contributed by atoms with Crippen LogP contribution in [0.25, 0.3) is 0 Å². The Morgan fingerprint density at radius 1 is 0.760 bits per heavy atom. The number of ether oxygens (including phenoxy) is 5. The Balaban J connectivity index is 1.72. The van der Waals surface area contributed by atoms with Gasteiger partial charge in [-0.1, -0.05) is 109 Å². The maximum absolute atomic E-state index is 12.4. The highest BCUT2D eigenvalue weighted by atomic mass is 127. The first kappa shape index (κ1) is 39.7. The molecular weight excluding hydrogens is 827 g/mol. The highest BCUT2D eigenvalue weighted by Gasteiger charge is 2.37. The largest absolute Gasteiger partial charge is 0.514 e. The van der Waals surface area contributed by atoms with Gasteiger partial charge in [-0.05, 0) is 90.3 Å². The van der Waals surface area contributed by atoms with Crippen molar-refractivity contribution in [1.82, 2.24) is 0 Å². The average molecular weight is 876 g/mol. The SMILES string of the molecule is CC[Si](CC)(CC)O[C@H](CBr)[C@@H](Oc1cc(OCc2ccccc2)cc(OCc2ccccc2)c1I)c1ccc(OC(=O)OC(C)(C)C)cc1. The molecule has 268 valence electrons. The van der Waals surface area contributed by atoms with E-state index in [1.165, 1.54) is 0 Å². The van der Waals surface area contributed by atoms with Crippen molar-refractivity contribution in [3.8, 4) is 23.0 Å². The number of alkyl halides is 1. The van der Waals surface area contributed by atoms with Crippen LogP contribution in [0, 0.1) is 3.57 Å². The summed E-state index contributed by atoms with van der Waals surface area (Å²) in [4.78, 5) is 12.4. The number of halogens is 2. The van der Waals surface area contributed by atoms with Gasteiger partial charge in [0, 0.05) is 17.5 Å². The van der Waals surface area contributed by atoms with E-state index in [1.54, 1.807) is 32.9 Å². The topological polar surface area (TPSA) is 72.5 Å². The van der Waals surface area contributed by atoms with E-state index in [2.05, 4.69) is 59.3 Å². The second-order valence-corrected chi connectivity index (χ2v) is 19.5. The number of rotatable bonds is 17. The molecule has 0 fully saturated rings. The summed E-state index contributed by atoms with van der Waals surface area (Å²) in [6, 6.07) is 34.3. The van der Waals surface area contributed by atoms with Crippen LogP contribution in [-0.4, -0.2) is 31.5 Å². The smallest absolute Gasteiger partial charge is 0.489 e. The third kappa shape index (κ3) is 11.7. The van der Waals surface area contributed by atoms with Gasteiger partial charge in [-0.3, -0.25) is 0 Å². The Hall–Kier alpha value is -3.06. The molecule has 0 aliphatic rings. The van der Waals surface area contributed by atoms with Crippen molar-refractivity contribution in [2.45, 2.75) is 90.7 Å². The van der Waals surface area contributed by atoms with Gasteiger partial charge in [0.2, 0.25) is 0 Å². The molecule has 0 N–H and O–H groups in total. The lowest BCUT2D eigenvalue weighted by atomic mass is 10.0. The van der Waals surface area contributed by atoms with Crippen LogP contribution in [0.15, 0.2) is 97.1 Å². The van der Waals surface area contributed by atoms with Crippen molar-refractivity contribution < 1.29 is 32.9 Å². The molecule has 0 aromatic heterocycles. The molecule has 0 aliphatic heterocycles. The van der Waals surface area contributed by atoms with Crippen molar-refractivity contribution >= 4 is 53.0 Å². The van der Waals surface area contributed by atoms with Crippen molar-refractivity contribution in [2.75, 3.05) is 5.33 Å². The Kier molecular flexibility index (Phi) is 15.1. The summed E-state index contributed by atoms with van der Waals surface area (Å²) >= 11 is 6.06. The van der Waals surface area contributed by atoms with Crippen LogP contribution < -0.4 is 18.9 Å². The number of carbonyl (C=O) groups excluding carboxylic acids is 1. The van der Waals surface area contributed by atoms with Crippen LogP contribution in [0.1, 0.15) is 64.3 Å². The molecule has 4 rings (SSSR count). The minimum absolute atomic E-state index is 0.308. The summed E-state index contributed by atoms with van der Waals surface area (Å²) in [6.07, 6.45) is -1.58. The van der Waals surface area contributed by atoms with Gasteiger partial charge in [-0.25, -0.2) is 4.79 Å². The Morgan fingerprint density at radius 3 is 1.82 bits per heavy atom. The molecule has 0 heterocycles. The zero-order valence-corrected chi connectivity index (χ0v) is 34.5. The molecule has 2 atom stereocenters. The van der Waals surface area contributed by atoms with Crippen LogP contribution >= 0.6 is 38.5 Å². The van der Waals surface area contributed by atoms with E-state index >= 15 is 0 Å². The molecule has 50 heavy (non-hydrogen) atoms. The molecule has 0 unspecified atom stereocenters. The van der Waals surface area contributed by atoms with Crippen LogP contribution in [0.2, 0.25) is 18.1 Å². The van der Waals surface area contributed by atoms with E-state index in [4.69, 9.17) is 28.1 Å². The molecule has 0 amide bonds. The zero-order valence-electron chi connectivity index (χ0n) is 29.7. The molecule has 4 aromatic rings. The van der Waals surface area contributed by atoms with Gasteiger partial charge in [0.25, 0.3) is 0 Å². The highest BCUT2D eigenvalue weighted by Crippen LogP contribution is 2.40. The first-order chi connectivity index (χ1) is 24.0. The summed E-state index contributed by atoms with van der Waals surface area (Å²) in [5, 5.41) is 0.556. The highest BCUT2D eigenvalue weighted by molar-refractivity contribution is 14.1. The number of hydrogen-bond acceptors (Lipinski definition) is 7. The predicted octanol–water partition coefficient (Wildman–Crippen LogP) is 11.7. The predicted molar refractivity (Wildman–Crippen MR) is 213 cm³/mol. The monoisotopic (exact) mass is 874 g/mol. The van der Waals surface area contributed by atoms with Gasteiger partial charge in [0.05, 0.1) is 9.67 Å². The molecule has 0 saturated heterocycles. The Morgan fingerprint density at radius 2 is 1.30 bits per heavy atom. The molecule has 0 bridgehead atoms. The second-order valence-electron chi connectivity index (χ2n) is 13.0. The van der Waals surface area contributed by atoms with Gasteiger partial charge < -0.3 is 28.1 Å². The summed E-state index contributed by atoms with van der Waals surface area (Å²) in [5.41, 5.74) is 2.32. The number of benzene rings is 4. The van der Waals surface area contributed by atoms with Gasteiger partial charge in [0.15, 0.2) is 8.32 Å². The van der Waals surface area contributed by atoms with Crippen LogP contribution in [-0.2, 0) is 22.4 Å². The third-order valence-corrected chi connectivity index (χ3v) is 14.7. The molecule has 0 radical (unpaired) electrons. The van der Waals surface area contributed by atoms with E-state index in [0.29, 0.717) is 41.5 Å². The normalized spacial score (nSPS) is 12.9. The maximum Gasteiger partial charge on any atom is 0.514 e. The molecule has 0 aliphatic carbocycles. The first-order valence-corrected chi connectivity index (χ1v) is 21.8. The molecule has 0 saturated carbocycles. The summed E-state index contributed by atoms with van der Waals surface area (Å²) < 4.78 is 38.4. The number of hydrogen-bond donors (Lipinski definition) is 0. The summed E-state index contributed by atoms with van der Waals surface area (Å²) in [5.74, 6) is 2.28. The lowest BCUT2D eigenvalue weighted by Crippen LogP contribution is -2.43. The maximum atomic E-state index is 12.4. The van der Waals surface area contributed by atoms with Gasteiger partial charge >= 0.3 is 6.16 Å². The fraction of sp³-hybridized carbons (Fsp3) is 0.375. The van der Waals surface area contributed by atoms with Crippen LogP contribution in [0.3, 0.4) is 0 Å². The Labute approximate surface area is 320 Å². The number of carbonyl (C=O) groups is 1. The van der Waals surface area contributed by atoms with E-state index in [-0.39, 0.29) is 6.10 Å². The van der Waals surface area contributed by atoms with Crippen molar-refractivity contribution in [3.63, 3.8) is 0 Å². The lowest BCUT2D eigenvalue weighted by Gasteiger charge is -2.36. The second kappa shape index (κ2) is 19.0. The zero-order chi connectivity index (χ0) is 36.1. The van der Waals surface area contributed by atoms with E-state index in [9.17, 15) is 4.79 Å². The average Bonchev–Trinajstić information content (AvgIpc) is 3.11. The summed E-state index contributed by atoms with van der Waals surface area (Å²) in [7, 11) is -2.05. The van der Waals surface area contributed by atoms with E-state index in [0.717, 1.165) is 38.4 Å². The van der Waals surface area contributed by atoms with Crippen LogP contribution in [0.4, 0.5) is 4.79 Å². The molecule has 7 nitrogen and oxygen atoms in total. The van der Waals surface area contributed by atoms with Crippen molar-refractivity contribution in [1.29, 1.82) is 0 Å². The first-order valence-electron chi connectivity index (χ1n) is 17.1. The fourth-order valence-electron chi connectivity index (χ4n) is 5.38. The third-order valence-electron chi connectivity index (χ3n) is 8.34. The standard InChI is InChI=1S/C40H48BrIO7Si/c1-7-50(8-2,9-3)49-36(26-41)38(31-20-22-32(23-21-31)46-39(43)48-40(4,5)6)47-35-25-33(44-27-29-16-12-10-13-17-29)24-34(37(35)42)45-28-30-18-14-11-15-19-30/h10-25,36,38H,7-9,26-28H2,1-6H3/t36-,38+/m1/s1. The molecule has 4 aromatic carbocycles. The molecule has 10 heteroatoms. The van der Waals surface area contributed by atoms with Gasteiger partial charge in [-0.15, -0.1) is 0 Å². The van der Waals surface area contributed by atoms with Crippen LogP contribution in [0.5, 0.6) is 23.0 Å². The van der Waals surface area contributed by atoms with E-state index in [1.807, 2.05) is 84.9 Å². The minimum atomic E-state index is -2.05. The van der Waals surface area contributed by atoms with E-state index < -0.39 is 26.2 Å². The van der Waals surface area contributed by atoms with Gasteiger partial charge in [-0.2, -0.15) is 0 Å².